The van der Waals surface area contributed by atoms with Crippen molar-refractivity contribution in [1.29, 1.82) is 0 Å². The molecular weight excluding hydrogens is 283 g/mol. The van der Waals surface area contributed by atoms with Gasteiger partial charge in [-0.3, -0.25) is 4.98 Å². The zero-order chi connectivity index (χ0) is 13.9. The van der Waals surface area contributed by atoms with Gasteiger partial charge in [0, 0.05) is 18.9 Å². The third kappa shape index (κ3) is 4.32. The largest absolute Gasteiger partial charge is 0.371 e. The lowest BCUT2D eigenvalue weighted by Crippen LogP contribution is -2.30. The fourth-order valence-corrected chi connectivity index (χ4v) is 2.93. The molecule has 1 N–H and O–H groups in total. The molecule has 0 radical (unpaired) electrons. The van der Waals surface area contributed by atoms with Crippen LogP contribution in [0, 0.1) is 0 Å². The summed E-state index contributed by atoms with van der Waals surface area (Å²) in [5.41, 5.74) is 0.989. The Hall–Kier alpha value is -0.350. The molecule has 0 amide bonds. The second-order valence-electron chi connectivity index (χ2n) is 5.57. The molecule has 0 bridgehead atoms. The minimum atomic E-state index is 0.0318. The highest BCUT2D eigenvalue weighted by Gasteiger charge is 2.30. The van der Waals surface area contributed by atoms with Gasteiger partial charge in [-0.25, -0.2) is 0 Å². The van der Waals surface area contributed by atoms with Crippen LogP contribution in [0.15, 0.2) is 12.4 Å². The topological polar surface area (TPSA) is 34.2 Å². The lowest BCUT2D eigenvalue weighted by Gasteiger charge is -2.19. The van der Waals surface area contributed by atoms with Gasteiger partial charge in [0.1, 0.15) is 0 Å². The number of hydrogen-bond acceptors (Lipinski definition) is 3. The average molecular weight is 303 g/mol. The van der Waals surface area contributed by atoms with Crippen LogP contribution in [0.3, 0.4) is 0 Å². The van der Waals surface area contributed by atoms with Crippen LogP contribution < -0.4 is 5.32 Å². The quantitative estimate of drug-likeness (QED) is 0.846. The number of rotatable bonds is 5. The molecule has 2 heterocycles. The predicted molar refractivity (Wildman–Crippen MR) is 79.0 cm³/mol. The van der Waals surface area contributed by atoms with E-state index in [2.05, 4.69) is 24.1 Å². The summed E-state index contributed by atoms with van der Waals surface area (Å²) in [5, 5.41) is 4.67. The van der Waals surface area contributed by atoms with Crippen LogP contribution in [-0.4, -0.2) is 29.8 Å². The van der Waals surface area contributed by atoms with Gasteiger partial charge in [-0.15, -0.1) is 0 Å². The third-order valence-corrected chi connectivity index (χ3v) is 4.08. The molecule has 1 aromatic heterocycles. The molecule has 5 heteroatoms. The summed E-state index contributed by atoms with van der Waals surface area (Å²) < 4.78 is 5.92. The van der Waals surface area contributed by atoms with Crippen molar-refractivity contribution in [2.45, 2.75) is 44.8 Å². The maximum atomic E-state index is 6.07. The Labute approximate surface area is 124 Å². The van der Waals surface area contributed by atoms with Crippen molar-refractivity contribution in [3.63, 3.8) is 0 Å². The van der Waals surface area contributed by atoms with Gasteiger partial charge in [-0.2, -0.15) is 0 Å². The predicted octanol–water partition coefficient (Wildman–Crippen LogP) is 3.48. The van der Waals surface area contributed by atoms with Gasteiger partial charge in [-0.1, -0.05) is 23.2 Å². The van der Waals surface area contributed by atoms with Crippen molar-refractivity contribution < 1.29 is 4.74 Å². The first-order valence-electron chi connectivity index (χ1n) is 6.64. The second-order valence-corrected chi connectivity index (χ2v) is 6.39. The van der Waals surface area contributed by atoms with Crippen LogP contribution in [0.1, 0.15) is 32.3 Å². The van der Waals surface area contributed by atoms with E-state index in [1.165, 1.54) is 0 Å². The van der Waals surface area contributed by atoms with E-state index in [0.717, 1.165) is 37.9 Å². The molecule has 1 aliphatic rings. The van der Waals surface area contributed by atoms with Crippen LogP contribution in [0.5, 0.6) is 0 Å². The van der Waals surface area contributed by atoms with Gasteiger partial charge in [-0.05, 0) is 45.2 Å². The van der Waals surface area contributed by atoms with E-state index in [9.17, 15) is 0 Å². The average Bonchev–Trinajstić information content (AvgIpc) is 2.67. The van der Waals surface area contributed by atoms with E-state index in [-0.39, 0.29) is 5.60 Å². The molecule has 0 unspecified atom stereocenters. The van der Waals surface area contributed by atoms with E-state index in [1.54, 1.807) is 12.4 Å². The highest BCUT2D eigenvalue weighted by atomic mass is 35.5. The minimum Gasteiger partial charge on any atom is -0.371 e. The Morgan fingerprint density at radius 2 is 2.05 bits per heavy atom. The lowest BCUT2D eigenvalue weighted by molar-refractivity contribution is -0.0140. The summed E-state index contributed by atoms with van der Waals surface area (Å²) in [6.07, 6.45) is 6.63. The fraction of sp³-hybridized carbons (Fsp3) is 0.643. The first-order valence-corrected chi connectivity index (χ1v) is 7.40. The van der Waals surface area contributed by atoms with Crippen molar-refractivity contribution in [2.24, 2.45) is 0 Å². The zero-order valence-electron chi connectivity index (χ0n) is 11.4. The van der Waals surface area contributed by atoms with Crippen LogP contribution in [0.4, 0.5) is 0 Å². The first kappa shape index (κ1) is 15.0. The minimum absolute atomic E-state index is 0.0318. The van der Waals surface area contributed by atoms with E-state index < -0.39 is 0 Å². The van der Waals surface area contributed by atoms with Crippen LogP contribution in [0.25, 0.3) is 0 Å². The SMILES string of the molecule is CC1(C)CC[C@H](CNCCc2c(Cl)cncc2Cl)O1. The van der Waals surface area contributed by atoms with Gasteiger partial charge in [0.15, 0.2) is 0 Å². The lowest BCUT2D eigenvalue weighted by atomic mass is 10.1. The Morgan fingerprint density at radius 1 is 1.37 bits per heavy atom. The van der Waals surface area contributed by atoms with E-state index in [4.69, 9.17) is 27.9 Å². The first-order chi connectivity index (χ1) is 8.98. The van der Waals surface area contributed by atoms with Crippen LogP contribution in [-0.2, 0) is 11.2 Å². The number of ether oxygens (including phenoxy) is 1. The van der Waals surface area contributed by atoms with Crippen LogP contribution >= 0.6 is 23.2 Å². The monoisotopic (exact) mass is 302 g/mol. The van der Waals surface area contributed by atoms with E-state index >= 15 is 0 Å². The summed E-state index contributed by atoms with van der Waals surface area (Å²) >= 11 is 12.1. The molecular formula is C14H20Cl2N2O. The molecule has 1 atom stereocenters. The van der Waals surface area contributed by atoms with Gasteiger partial charge in [0.25, 0.3) is 0 Å². The molecule has 3 nitrogen and oxygen atoms in total. The van der Waals surface area contributed by atoms with Gasteiger partial charge >= 0.3 is 0 Å². The van der Waals surface area contributed by atoms with E-state index in [1.807, 2.05) is 0 Å². The highest BCUT2D eigenvalue weighted by Crippen LogP contribution is 2.28. The molecule has 0 saturated carbocycles. The van der Waals surface area contributed by atoms with Crippen molar-refractivity contribution in [3.05, 3.63) is 28.0 Å². The molecule has 2 rings (SSSR count). The molecule has 1 saturated heterocycles. The highest BCUT2D eigenvalue weighted by molar-refractivity contribution is 6.35. The van der Waals surface area contributed by atoms with Gasteiger partial charge in [0.05, 0.1) is 21.8 Å². The van der Waals surface area contributed by atoms with Crippen molar-refractivity contribution in [2.75, 3.05) is 13.1 Å². The number of nitrogens with one attached hydrogen (secondary N) is 1. The smallest absolute Gasteiger partial charge is 0.0707 e. The van der Waals surface area contributed by atoms with Gasteiger partial charge in [0.2, 0.25) is 0 Å². The summed E-state index contributed by atoms with van der Waals surface area (Å²) in [5.74, 6) is 0. The summed E-state index contributed by atoms with van der Waals surface area (Å²) in [6.45, 7) is 6.00. The molecule has 106 valence electrons. The Balaban J connectivity index is 1.73. The number of aromatic nitrogens is 1. The molecule has 0 spiro atoms. The number of pyridine rings is 1. The van der Waals surface area contributed by atoms with Crippen LogP contribution in [0.2, 0.25) is 10.0 Å². The second kappa shape index (κ2) is 6.40. The summed E-state index contributed by atoms with van der Waals surface area (Å²) in [4.78, 5) is 3.95. The Morgan fingerprint density at radius 3 is 2.63 bits per heavy atom. The Kier molecular flexibility index (Phi) is 5.07. The summed E-state index contributed by atoms with van der Waals surface area (Å²) in [7, 11) is 0. The van der Waals surface area contributed by atoms with E-state index in [0.29, 0.717) is 16.1 Å². The third-order valence-electron chi connectivity index (χ3n) is 3.43. The van der Waals surface area contributed by atoms with Crippen molar-refractivity contribution in [1.82, 2.24) is 10.3 Å². The molecule has 0 aliphatic carbocycles. The molecule has 1 aromatic rings. The van der Waals surface area contributed by atoms with Crippen molar-refractivity contribution >= 4 is 23.2 Å². The fourth-order valence-electron chi connectivity index (χ4n) is 2.37. The number of hydrogen-bond donors (Lipinski definition) is 1. The molecule has 0 aromatic carbocycles. The van der Waals surface area contributed by atoms with Crippen molar-refractivity contribution in [3.8, 4) is 0 Å². The van der Waals surface area contributed by atoms with Gasteiger partial charge < -0.3 is 10.1 Å². The normalized spacial score (nSPS) is 21.8. The summed E-state index contributed by atoms with van der Waals surface area (Å²) in [6, 6.07) is 0. The maximum Gasteiger partial charge on any atom is 0.0707 e. The molecule has 19 heavy (non-hydrogen) atoms. The maximum absolute atomic E-state index is 6.07. The molecule has 1 fully saturated rings. The standard InChI is InChI=1S/C14H20Cl2N2O/c1-14(2)5-3-10(19-14)7-17-6-4-11-12(15)8-18-9-13(11)16/h8-10,17H,3-7H2,1-2H3/t10-/m1/s1. The number of nitrogens with zero attached hydrogens (tertiary/aromatic N) is 1. The number of halogens is 2. The zero-order valence-corrected chi connectivity index (χ0v) is 12.9. The Bertz CT molecular complexity index is 417. The molecule has 1 aliphatic heterocycles.